The monoisotopic (exact) mass is 361 g/mol. The minimum Gasteiger partial charge on any atom is -0.369 e. The Hall–Kier alpha value is -3.02. The number of carbonyl (C=O) groups excluding carboxylic acids is 1. The van der Waals surface area contributed by atoms with Crippen molar-refractivity contribution in [1.29, 1.82) is 0 Å². The number of nitrogens with zero attached hydrogens (tertiary/aromatic N) is 3. The summed E-state index contributed by atoms with van der Waals surface area (Å²) in [5, 5.41) is 6.78. The van der Waals surface area contributed by atoms with Gasteiger partial charge in [0.05, 0.1) is 11.6 Å². The highest BCUT2D eigenvalue weighted by Gasteiger charge is 2.50. The molecule has 27 heavy (non-hydrogen) atoms. The minimum absolute atomic E-state index is 0.212. The van der Waals surface area contributed by atoms with E-state index < -0.39 is 5.41 Å². The molecule has 1 aromatic carbocycles. The van der Waals surface area contributed by atoms with Crippen LogP contribution in [0.5, 0.6) is 0 Å². The van der Waals surface area contributed by atoms with Gasteiger partial charge in [-0.05, 0) is 54.9 Å². The number of H-pyrrole nitrogens is 1. The van der Waals surface area contributed by atoms with Crippen LogP contribution < -0.4 is 5.73 Å². The Labute approximate surface area is 158 Å². The smallest absolute Gasteiger partial charge is 0.228 e. The van der Waals surface area contributed by atoms with E-state index in [4.69, 9.17) is 10.7 Å². The van der Waals surface area contributed by atoms with Crippen molar-refractivity contribution in [1.82, 2.24) is 20.2 Å². The zero-order valence-corrected chi connectivity index (χ0v) is 15.4. The molecule has 2 aromatic heterocycles. The van der Waals surface area contributed by atoms with E-state index in [1.54, 1.807) is 6.20 Å². The van der Waals surface area contributed by atoms with Crippen molar-refractivity contribution in [2.24, 2.45) is 5.73 Å². The number of aromatic amines is 1. The van der Waals surface area contributed by atoms with Gasteiger partial charge >= 0.3 is 0 Å². The van der Waals surface area contributed by atoms with Crippen LogP contribution in [0.15, 0.2) is 42.9 Å². The summed E-state index contributed by atoms with van der Waals surface area (Å²) in [5.74, 6) is 0.580. The lowest BCUT2D eigenvalue weighted by Gasteiger charge is -2.17. The van der Waals surface area contributed by atoms with E-state index in [0.29, 0.717) is 6.42 Å². The largest absolute Gasteiger partial charge is 0.369 e. The molecule has 0 radical (unpaired) electrons. The van der Waals surface area contributed by atoms with Crippen molar-refractivity contribution in [2.75, 3.05) is 0 Å². The van der Waals surface area contributed by atoms with Gasteiger partial charge in [-0.25, -0.2) is 9.97 Å². The fourth-order valence-corrected chi connectivity index (χ4v) is 3.65. The van der Waals surface area contributed by atoms with E-state index in [-0.39, 0.29) is 5.91 Å². The lowest BCUT2D eigenvalue weighted by Crippen LogP contribution is -2.29. The second-order valence-electron chi connectivity index (χ2n) is 7.30. The van der Waals surface area contributed by atoms with E-state index in [1.165, 1.54) is 5.56 Å². The summed E-state index contributed by atoms with van der Waals surface area (Å²) in [5.41, 5.74) is 10.7. The Morgan fingerprint density at radius 3 is 2.74 bits per heavy atom. The van der Waals surface area contributed by atoms with Gasteiger partial charge in [0.2, 0.25) is 5.91 Å². The predicted molar refractivity (Wildman–Crippen MR) is 102 cm³/mol. The van der Waals surface area contributed by atoms with Crippen LogP contribution in [0.3, 0.4) is 0 Å². The first-order valence-electron chi connectivity index (χ1n) is 9.26. The van der Waals surface area contributed by atoms with Gasteiger partial charge in [-0.2, -0.15) is 5.10 Å². The van der Waals surface area contributed by atoms with Gasteiger partial charge in [0.1, 0.15) is 5.82 Å². The molecule has 1 aliphatic carbocycles. The first-order valence-corrected chi connectivity index (χ1v) is 9.26. The molecule has 0 bridgehead atoms. The highest BCUT2D eigenvalue weighted by molar-refractivity contribution is 5.90. The van der Waals surface area contributed by atoms with Crippen LogP contribution in [0.25, 0.3) is 0 Å². The van der Waals surface area contributed by atoms with Crippen LogP contribution in [-0.2, 0) is 29.5 Å². The van der Waals surface area contributed by atoms with Crippen molar-refractivity contribution in [3.63, 3.8) is 0 Å². The van der Waals surface area contributed by atoms with Crippen molar-refractivity contribution in [2.45, 2.75) is 44.4 Å². The molecule has 4 rings (SSSR count). The Bertz CT molecular complexity index is 960. The molecule has 2 heterocycles. The van der Waals surface area contributed by atoms with Gasteiger partial charge in [0, 0.05) is 24.5 Å². The van der Waals surface area contributed by atoms with Crippen molar-refractivity contribution >= 4 is 5.91 Å². The van der Waals surface area contributed by atoms with E-state index >= 15 is 0 Å². The molecule has 0 aliphatic heterocycles. The van der Waals surface area contributed by atoms with Crippen LogP contribution in [0.2, 0.25) is 0 Å². The Morgan fingerprint density at radius 2 is 2.04 bits per heavy atom. The minimum atomic E-state index is -0.455. The SMILES string of the molecule is Cc1cnc(Cc2cn[nH]c2)nc1CCc1ccccc1C1(C(N)=O)CC1. The topological polar surface area (TPSA) is 97.6 Å². The van der Waals surface area contributed by atoms with Gasteiger partial charge < -0.3 is 5.73 Å². The van der Waals surface area contributed by atoms with Crippen LogP contribution in [0.1, 0.15) is 46.6 Å². The average Bonchev–Trinajstić information content (AvgIpc) is 3.33. The summed E-state index contributed by atoms with van der Waals surface area (Å²) >= 11 is 0. The van der Waals surface area contributed by atoms with Crippen LogP contribution in [-0.4, -0.2) is 26.1 Å². The maximum atomic E-state index is 12.0. The maximum absolute atomic E-state index is 12.0. The molecule has 1 fully saturated rings. The highest BCUT2D eigenvalue weighted by Crippen LogP contribution is 2.49. The molecule has 6 nitrogen and oxygen atoms in total. The number of nitrogens with one attached hydrogen (secondary N) is 1. The molecule has 3 aromatic rings. The molecule has 1 saturated carbocycles. The number of aromatic nitrogens is 4. The fraction of sp³-hybridized carbons (Fsp3) is 0.333. The van der Waals surface area contributed by atoms with Crippen molar-refractivity contribution < 1.29 is 4.79 Å². The third-order valence-corrected chi connectivity index (χ3v) is 5.43. The molecule has 3 N–H and O–H groups in total. The number of hydrogen-bond acceptors (Lipinski definition) is 4. The standard InChI is InChI=1S/C21H23N5O/c1-14-11-23-19(10-15-12-24-25-13-15)26-18(14)7-6-16-4-2-3-5-17(16)21(8-9-21)20(22)27/h2-5,11-13H,6-10H2,1H3,(H2,22,27)(H,24,25). The van der Waals surface area contributed by atoms with Crippen LogP contribution >= 0.6 is 0 Å². The molecular weight excluding hydrogens is 338 g/mol. The quantitative estimate of drug-likeness (QED) is 0.675. The Balaban J connectivity index is 1.54. The van der Waals surface area contributed by atoms with Gasteiger partial charge in [-0.15, -0.1) is 0 Å². The van der Waals surface area contributed by atoms with Crippen LogP contribution in [0, 0.1) is 6.92 Å². The van der Waals surface area contributed by atoms with Crippen LogP contribution in [0.4, 0.5) is 0 Å². The van der Waals surface area contributed by atoms with Gasteiger partial charge in [0.25, 0.3) is 0 Å². The lowest BCUT2D eigenvalue weighted by atomic mass is 9.88. The predicted octanol–water partition coefficient (Wildman–Crippen LogP) is 2.40. The second kappa shape index (κ2) is 6.95. The number of benzene rings is 1. The summed E-state index contributed by atoms with van der Waals surface area (Å²) in [6.45, 7) is 2.04. The number of carbonyl (C=O) groups is 1. The van der Waals surface area contributed by atoms with Gasteiger partial charge in [-0.1, -0.05) is 24.3 Å². The normalized spacial score (nSPS) is 14.9. The second-order valence-corrected chi connectivity index (χ2v) is 7.30. The zero-order chi connectivity index (χ0) is 18.9. The maximum Gasteiger partial charge on any atom is 0.228 e. The van der Waals surface area contributed by atoms with Gasteiger partial charge in [-0.3, -0.25) is 9.89 Å². The lowest BCUT2D eigenvalue weighted by molar-refractivity contribution is -0.120. The average molecular weight is 361 g/mol. The molecule has 138 valence electrons. The van der Waals surface area contributed by atoms with Gasteiger partial charge in [0.15, 0.2) is 0 Å². The molecule has 0 unspecified atom stereocenters. The summed E-state index contributed by atoms with van der Waals surface area (Å²) in [6, 6.07) is 8.15. The Morgan fingerprint density at radius 1 is 1.22 bits per heavy atom. The first kappa shape index (κ1) is 17.4. The van der Waals surface area contributed by atoms with Crippen molar-refractivity contribution in [3.8, 4) is 0 Å². The number of hydrogen-bond donors (Lipinski definition) is 2. The molecule has 6 heteroatoms. The van der Waals surface area contributed by atoms with E-state index in [9.17, 15) is 4.79 Å². The van der Waals surface area contributed by atoms with E-state index in [2.05, 4.69) is 21.2 Å². The number of aryl methyl sites for hydroxylation is 3. The zero-order valence-electron chi connectivity index (χ0n) is 15.4. The summed E-state index contributed by atoms with van der Waals surface area (Å²) in [6.07, 6.45) is 9.52. The number of nitrogens with two attached hydrogens (primary N) is 1. The number of amides is 1. The molecule has 0 atom stereocenters. The first-order chi connectivity index (χ1) is 13.1. The molecule has 0 saturated heterocycles. The number of rotatable bonds is 7. The third kappa shape index (κ3) is 3.47. The third-order valence-electron chi connectivity index (χ3n) is 5.43. The van der Waals surface area contributed by atoms with E-state index in [0.717, 1.165) is 53.9 Å². The summed E-state index contributed by atoms with van der Waals surface area (Å²) in [4.78, 5) is 21.2. The Kier molecular flexibility index (Phi) is 4.48. The molecule has 1 aliphatic rings. The molecule has 0 spiro atoms. The highest BCUT2D eigenvalue weighted by atomic mass is 16.1. The van der Waals surface area contributed by atoms with Crippen molar-refractivity contribution in [3.05, 3.63) is 76.6 Å². The number of primary amides is 1. The molecule has 1 amide bonds. The fourth-order valence-electron chi connectivity index (χ4n) is 3.65. The molecular formula is C21H23N5O. The van der Waals surface area contributed by atoms with E-state index in [1.807, 2.05) is 37.5 Å². The summed E-state index contributed by atoms with van der Waals surface area (Å²) < 4.78 is 0. The summed E-state index contributed by atoms with van der Waals surface area (Å²) in [7, 11) is 0.